The van der Waals surface area contributed by atoms with Gasteiger partial charge in [0.15, 0.2) is 0 Å². The fraction of sp³-hybridized carbons (Fsp3) is 0.300. The van der Waals surface area contributed by atoms with E-state index in [1.807, 2.05) is 0 Å². The van der Waals surface area contributed by atoms with Crippen LogP contribution in [0.25, 0.3) is 5.52 Å². The summed E-state index contributed by atoms with van der Waals surface area (Å²) in [6.07, 6.45) is -3.06. The van der Waals surface area contributed by atoms with Crippen LogP contribution in [0.2, 0.25) is 0 Å². The van der Waals surface area contributed by atoms with Crippen LogP contribution in [-0.4, -0.2) is 9.38 Å². The van der Waals surface area contributed by atoms with Gasteiger partial charge in [0, 0.05) is 12.7 Å². The lowest BCUT2D eigenvalue weighted by Crippen LogP contribution is -2.10. The molecule has 3 nitrogen and oxygen atoms in total. The van der Waals surface area contributed by atoms with E-state index in [9.17, 15) is 13.2 Å². The monoisotopic (exact) mass is 229 g/mol. The summed E-state index contributed by atoms with van der Waals surface area (Å²) in [6, 6.07) is 3.33. The van der Waals surface area contributed by atoms with Crippen molar-refractivity contribution in [1.82, 2.24) is 9.38 Å². The standard InChI is InChI=1S/C10H10F3N3/c1-6-2-3-8-7(4-14)15-9(10(11,12)13)16(8)5-6/h2-3,5H,4,14H2,1H3. The highest BCUT2D eigenvalue weighted by Crippen LogP contribution is 2.30. The molecule has 0 aliphatic rings. The van der Waals surface area contributed by atoms with Crippen molar-refractivity contribution in [1.29, 1.82) is 0 Å². The average Bonchev–Trinajstić information content (AvgIpc) is 2.54. The summed E-state index contributed by atoms with van der Waals surface area (Å²) in [7, 11) is 0. The summed E-state index contributed by atoms with van der Waals surface area (Å²) in [5.74, 6) is -0.924. The lowest BCUT2D eigenvalue weighted by molar-refractivity contribution is -0.145. The van der Waals surface area contributed by atoms with Crippen LogP contribution in [0, 0.1) is 6.92 Å². The summed E-state index contributed by atoms with van der Waals surface area (Å²) < 4.78 is 39.1. The van der Waals surface area contributed by atoms with Gasteiger partial charge < -0.3 is 5.73 Å². The van der Waals surface area contributed by atoms with Gasteiger partial charge in [-0.1, -0.05) is 6.07 Å². The van der Waals surface area contributed by atoms with Crippen molar-refractivity contribution in [3.05, 3.63) is 35.4 Å². The molecule has 2 aromatic heterocycles. The highest BCUT2D eigenvalue weighted by atomic mass is 19.4. The third-order valence-electron chi connectivity index (χ3n) is 2.31. The fourth-order valence-electron chi connectivity index (χ4n) is 1.61. The number of halogens is 3. The van der Waals surface area contributed by atoms with Gasteiger partial charge in [-0.15, -0.1) is 0 Å². The number of alkyl halides is 3. The van der Waals surface area contributed by atoms with Crippen LogP contribution in [-0.2, 0) is 12.7 Å². The Morgan fingerprint density at radius 1 is 1.38 bits per heavy atom. The Morgan fingerprint density at radius 3 is 2.62 bits per heavy atom. The molecule has 6 heteroatoms. The van der Waals surface area contributed by atoms with E-state index in [-0.39, 0.29) is 12.2 Å². The summed E-state index contributed by atoms with van der Waals surface area (Å²) in [5.41, 5.74) is 6.76. The zero-order chi connectivity index (χ0) is 11.9. The van der Waals surface area contributed by atoms with Gasteiger partial charge in [0.25, 0.3) is 0 Å². The van der Waals surface area contributed by atoms with Gasteiger partial charge in [-0.05, 0) is 18.6 Å². The van der Waals surface area contributed by atoms with Crippen LogP contribution in [0.1, 0.15) is 17.1 Å². The van der Waals surface area contributed by atoms with Crippen LogP contribution < -0.4 is 5.73 Å². The van der Waals surface area contributed by atoms with Gasteiger partial charge in [-0.3, -0.25) is 4.40 Å². The second-order valence-corrected chi connectivity index (χ2v) is 3.55. The fourth-order valence-corrected chi connectivity index (χ4v) is 1.61. The molecule has 0 fully saturated rings. The number of aryl methyl sites for hydroxylation is 1. The molecule has 0 radical (unpaired) electrons. The van der Waals surface area contributed by atoms with Gasteiger partial charge in [0.1, 0.15) is 0 Å². The van der Waals surface area contributed by atoms with Crippen LogP contribution in [0.3, 0.4) is 0 Å². The largest absolute Gasteiger partial charge is 0.450 e. The Hall–Kier alpha value is -1.56. The molecule has 0 amide bonds. The first-order chi connectivity index (χ1) is 7.43. The molecule has 0 aliphatic heterocycles. The van der Waals surface area contributed by atoms with Crippen molar-refractivity contribution in [3.63, 3.8) is 0 Å². The maximum atomic E-state index is 12.7. The smallest absolute Gasteiger partial charge is 0.325 e. The Labute approximate surface area is 89.7 Å². The zero-order valence-electron chi connectivity index (χ0n) is 8.54. The Morgan fingerprint density at radius 2 is 2.06 bits per heavy atom. The highest BCUT2D eigenvalue weighted by Gasteiger charge is 2.36. The first-order valence-electron chi connectivity index (χ1n) is 4.68. The number of nitrogens with two attached hydrogens (primary N) is 1. The minimum absolute atomic E-state index is 0.0113. The maximum absolute atomic E-state index is 12.7. The number of imidazole rings is 1. The molecule has 0 atom stereocenters. The first-order valence-corrected chi connectivity index (χ1v) is 4.68. The summed E-state index contributed by atoms with van der Waals surface area (Å²) in [4.78, 5) is 3.53. The van der Waals surface area contributed by atoms with E-state index in [1.54, 1.807) is 19.1 Å². The number of hydrogen-bond donors (Lipinski definition) is 1. The molecule has 0 unspecified atom stereocenters. The second-order valence-electron chi connectivity index (χ2n) is 3.55. The van der Waals surface area contributed by atoms with E-state index in [0.29, 0.717) is 5.52 Å². The molecule has 86 valence electrons. The molecule has 0 aromatic carbocycles. The minimum atomic E-state index is -4.47. The second kappa shape index (κ2) is 3.48. The molecule has 16 heavy (non-hydrogen) atoms. The van der Waals surface area contributed by atoms with Crippen molar-refractivity contribution >= 4 is 5.52 Å². The van der Waals surface area contributed by atoms with Crippen LogP contribution in [0.4, 0.5) is 13.2 Å². The molecule has 2 rings (SSSR count). The lowest BCUT2D eigenvalue weighted by Gasteiger charge is -2.05. The molecule has 0 saturated carbocycles. The van der Waals surface area contributed by atoms with Crippen molar-refractivity contribution in [2.75, 3.05) is 0 Å². The Bertz CT molecular complexity index is 528. The molecule has 2 N–H and O–H groups in total. The van der Waals surface area contributed by atoms with Gasteiger partial charge in [0.2, 0.25) is 5.82 Å². The summed E-state index contributed by atoms with van der Waals surface area (Å²) >= 11 is 0. The number of aromatic nitrogens is 2. The molecular weight excluding hydrogens is 219 g/mol. The highest BCUT2D eigenvalue weighted by molar-refractivity contribution is 5.54. The molecular formula is C10H10F3N3. The SMILES string of the molecule is Cc1ccc2c(CN)nc(C(F)(F)F)n2c1. The normalized spacial score (nSPS) is 12.3. The quantitative estimate of drug-likeness (QED) is 0.813. The molecule has 0 spiro atoms. The Balaban J connectivity index is 2.79. The topological polar surface area (TPSA) is 43.3 Å². The van der Waals surface area contributed by atoms with E-state index >= 15 is 0 Å². The predicted octanol–water partition coefficient (Wildman–Crippen LogP) is 2.12. The van der Waals surface area contributed by atoms with E-state index in [1.165, 1.54) is 6.20 Å². The van der Waals surface area contributed by atoms with Gasteiger partial charge >= 0.3 is 6.18 Å². The van der Waals surface area contributed by atoms with Crippen LogP contribution in [0.15, 0.2) is 18.3 Å². The van der Waals surface area contributed by atoms with E-state index in [2.05, 4.69) is 4.98 Å². The molecule has 0 bridgehead atoms. The maximum Gasteiger partial charge on any atom is 0.450 e. The number of nitrogens with zero attached hydrogens (tertiary/aromatic N) is 2. The molecule has 0 saturated heterocycles. The average molecular weight is 229 g/mol. The summed E-state index contributed by atoms with van der Waals surface area (Å²) in [5, 5.41) is 0. The van der Waals surface area contributed by atoms with Crippen molar-refractivity contribution in [2.24, 2.45) is 5.73 Å². The Kier molecular flexibility index (Phi) is 2.38. The number of hydrogen-bond acceptors (Lipinski definition) is 2. The number of fused-ring (bicyclic) bond motifs is 1. The van der Waals surface area contributed by atoms with Gasteiger partial charge in [-0.2, -0.15) is 13.2 Å². The third-order valence-corrected chi connectivity index (χ3v) is 2.31. The van der Waals surface area contributed by atoms with Crippen molar-refractivity contribution in [2.45, 2.75) is 19.6 Å². The van der Waals surface area contributed by atoms with E-state index in [4.69, 9.17) is 5.73 Å². The lowest BCUT2D eigenvalue weighted by atomic mass is 10.2. The molecule has 2 heterocycles. The predicted molar refractivity (Wildman–Crippen MR) is 52.8 cm³/mol. The zero-order valence-corrected chi connectivity index (χ0v) is 8.54. The van der Waals surface area contributed by atoms with Crippen molar-refractivity contribution < 1.29 is 13.2 Å². The van der Waals surface area contributed by atoms with Crippen LogP contribution >= 0.6 is 0 Å². The number of pyridine rings is 1. The van der Waals surface area contributed by atoms with E-state index < -0.39 is 12.0 Å². The summed E-state index contributed by atoms with van der Waals surface area (Å²) in [6.45, 7) is 1.71. The minimum Gasteiger partial charge on any atom is -0.325 e. The third kappa shape index (κ3) is 1.65. The van der Waals surface area contributed by atoms with Crippen molar-refractivity contribution in [3.8, 4) is 0 Å². The number of rotatable bonds is 1. The first kappa shape index (κ1) is 10.9. The van der Waals surface area contributed by atoms with Gasteiger partial charge in [0.05, 0.1) is 11.2 Å². The van der Waals surface area contributed by atoms with E-state index in [0.717, 1.165) is 9.96 Å². The molecule has 2 aromatic rings. The van der Waals surface area contributed by atoms with Crippen LogP contribution in [0.5, 0.6) is 0 Å². The van der Waals surface area contributed by atoms with Gasteiger partial charge in [-0.25, -0.2) is 4.98 Å². The molecule has 0 aliphatic carbocycles.